The number of hydrogen-bond acceptors (Lipinski definition) is 4. The number of benzene rings is 1. The summed E-state index contributed by atoms with van der Waals surface area (Å²) in [5, 5.41) is 2.74. The van der Waals surface area contributed by atoms with E-state index in [2.05, 4.69) is 5.32 Å². The van der Waals surface area contributed by atoms with Crippen molar-refractivity contribution in [2.24, 2.45) is 5.92 Å². The van der Waals surface area contributed by atoms with Gasteiger partial charge < -0.3 is 10.1 Å². The summed E-state index contributed by atoms with van der Waals surface area (Å²) in [6.07, 6.45) is 1.71. The molecule has 3 amide bonds. The van der Waals surface area contributed by atoms with Crippen molar-refractivity contribution in [1.29, 1.82) is 0 Å². The second-order valence-corrected chi connectivity index (χ2v) is 6.02. The zero-order chi connectivity index (χ0) is 16.2. The van der Waals surface area contributed by atoms with Crippen LogP contribution in [0.15, 0.2) is 30.3 Å². The molecule has 0 radical (unpaired) electrons. The van der Waals surface area contributed by atoms with Crippen LogP contribution >= 0.6 is 0 Å². The molecule has 2 aliphatic rings. The van der Waals surface area contributed by atoms with Crippen LogP contribution in [0.4, 0.5) is 4.79 Å². The second kappa shape index (κ2) is 6.81. The molecule has 2 saturated heterocycles. The van der Waals surface area contributed by atoms with Crippen molar-refractivity contribution in [2.75, 3.05) is 13.2 Å². The first-order chi connectivity index (χ1) is 11.1. The van der Waals surface area contributed by atoms with Gasteiger partial charge in [0.15, 0.2) is 0 Å². The maximum absolute atomic E-state index is 12.7. The molecule has 6 heteroatoms. The molecule has 1 aromatic carbocycles. The molecule has 1 unspecified atom stereocenters. The zero-order valence-electron chi connectivity index (χ0n) is 12.9. The summed E-state index contributed by atoms with van der Waals surface area (Å²) in [6.45, 7) is 0.512. The van der Waals surface area contributed by atoms with Gasteiger partial charge in [-0.2, -0.15) is 0 Å². The van der Waals surface area contributed by atoms with Crippen LogP contribution < -0.4 is 5.32 Å². The quantitative estimate of drug-likeness (QED) is 0.917. The molecule has 0 bridgehead atoms. The Bertz CT molecular complexity index is 602. The number of nitrogens with one attached hydrogen (secondary N) is 1. The van der Waals surface area contributed by atoms with Gasteiger partial charge in [0.25, 0.3) is 0 Å². The third-order valence-electron chi connectivity index (χ3n) is 4.36. The molecule has 2 heterocycles. The highest BCUT2D eigenvalue weighted by atomic mass is 16.6. The van der Waals surface area contributed by atoms with Crippen LogP contribution in [-0.4, -0.2) is 42.0 Å². The summed E-state index contributed by atoms with van der Waals surface area (Å²) in [4.78, 5) is 37.4. The Morgan fingerprint density at radius 1 is 1.26 bits per heavy atom. The van der Waals surface area contributed by atoms with Crippen LogP contribution in [0.5, 0.6) is 0 Å². The summed E-state index contributed by atoms with van der Waals surface area (Å²) in [5.41, 5.74) is 1.06. The number of carbonyl (C=O) groups is 3. The Hall–Kier alpha value is -2.37. The normalized spacial score (nSPS) is 24.8. The Morgan fingerprint density at radius 2 is 2.04 bits per heavy atom. The average molecular weight is 316 g/mol. The maximum atomic E-state index is 12.7. The second-order valence-electron chi connectivity index (χ2n) is 6.02. The molecule has 6 nitrogen and oxygen atoms in total. The summed E-state index contributed by atoms with van der Waals surface area (Å²) in [6, 6.07) is 9.45. The van der Waals surface area contributed by atoms with E-state index < -0.39 is 6.09 Å². The van der Waals surface area contributed by atoms with Gasteiger partial charge in [-0.25, -0.2) is 9.69 Å². The minimum Gasteiger partial charge on any atom is -0.447 e. The van der Waals surface area contributed by atoms with Gasteiger partial charge in [-0.3, -0.25) is 9.59 Å². The van der Waals surface area contributed by atoms with E-state index in [9.17, 15) is 14.4 Å². The van der Waals surface area contributed by atoms with Gasteiger partial charge >= 0.3 is 6.09 Å². The number of cyclic esters (lactones) is 1. The van der Waals surface area contributed by atoms with Gasteiger partial charge in [-0.15, -0.1) is 0 Å². The summed E-state index contributed by atoms with van der Waals surface area (Å²) in [7, 11) is 0. The van der Waals surface area contributed by atoms with E-state index in [1.807, 2.05) is 30.3 Å². The third-order valence-corrected chi connectivity index (χ3v) is 4.36. The lowest BCUT2D eigenvalue weighted by atomic mass is 9.99. The van der Waals surface area contributed by atoms with E-state index in [0.29, 0.717) is 32.2 Å². The van der Waals surface area contributed by atoms with E-state index >= 15 is 0 Å². The van der Waals surface area contributed by atoms with Crippen molar-refractivity contribution >= 4 is 17.9 Å². The predicted octanol–water partition coefficient (Wildman–Crippen LogP) is 1.49. The molecule has 122 valence electrons. The molecule has 23 heavy (non-hydrogen) atoms. The lowest BCUT2D eigenvalue weighted by molar-refractivity contribution is -0.133. The highest BCUT2D eigenvalue weighted by Gasteiger charge is 2.41. The Morgan fingerprint density at radius 3 is 2.83 bits per heavy atom. The van der Waals surface area contributed by atoms with Gasteiger partial charge in [0.05, 0.1) is 12.0 Å². The topological polar surface area (TPSA) is 75.7 Å². The van der Waals surface area contributed by atoms with Crippen LogP contribution in [0.1, 0.15) is 24.8 Å². The molecular weight excluding hydrogens is 296 g/mol. The van der Waals surface area contributed by atoms with E-state index in [4.69, 9.17) is 4.74 Å². The molecule has 2 fully saturated rings. The smallest absolute Gasteiger partial charge is 0.416 e. The molecule has 3 rings (SSSR count). The van der Waals surface area contributed by atoms with Gasteiger partial charge in [-0.05, 0) is 24.8 Å². The Balaban J connectivity index is 1.71. The van der Waals surface area contributed by atoms with Crippen molar-refractivity contribution in [3.8, 4) is 0 Å². The fourth-order valence-corrected chi connectivity index (χ4v) is 3.11. The summed E-state index contributed by atoms with van der Waals surface area (Å²) >= 11 is 0. The fourth-order valence-electron chi connectivity index (χ4n) is 3.11. The van der Waals surface area contributed by atoms with Crippen LogP contribution in [0, 0.1) is 5.92 Å². The van der Waals surface area contributed by atoms with Gasteiger partial charge in [0.2, 0.25) is 11.8 Å². The van der Waals surface area contributed by atoms with Crippen LogP contribution in [0.2, 0.25) is 0 Å². The number of amides is 3. The minimum absolute atomic E-state index is 0.0369. The van der Waals surface area contributed by atoms with Crippen molar-refractivity contribution in [2.45, 2.75) is 31.7 Å². The van der Waals surface area contributed by atoms with Crippen molar-refractivity contribution in [1.82, 2.24) is 10.2 Å². The van der Waals surface area contributed by atoms with Gasteiger partial charge in [-0.1, -0.05) is 30.3 Å². The average Bonchev–Trinajstić information content (AvgIpc) is 2.77. The van der Waals surface area contributed by atoms with Crippen LogP contribution in [0.25, 0.3) is 0 Å². The van der Waals surface area contributed by atoms with Crippen molar-refractivity contribution < 1.29 is 19.1 Å². The third kappa shape index (κ3) is 3.52. The van der Waals surface area contributed by atoms with E-state index in [-0.39, 0.29) is 30.4 Å². The zero-order valence-corrected chi connectivity index (χ0v) is 12.9. The number of rotatable bonds is 3. The number of ether oxygens (including phenoxy) is 1. The number of hydrogen-bond donors (Lipinski definition) is 1. The van der Waals surface area contributed by atoms with E-state index in [1.165, 1.54) is 4.90 Å². The van der Waals surface area contributed by atoms with E-state index in [1.54, 1.807) is 0 Å². The van der Waals surface area contributed by atoms with E-state index in [0.717, 1.165) is 5.56 Å². The summed E-state index contributed by atoms with van der Waals surface area (Å²) < 4.78 is 5.09. The Labute approximate surface area is 134 Å². The van der Waals surface area contributed by atoms with Crippen molar-refractivity contribution in [3.63, 3.8) is 0 Å². The predicted molar refractivity (Wildman–Crippen MR) is 82.5 cm³/mol. The SMILES string of the molecule is O=C1CCC[C@@H](C(=O)N2C(=O)OCC2Cc2ccccc2)CN1. The lowest BCUT2D eigenvalue weighted by Gasteiger charge is -2.24. The molecule has 0 aromatic heterocycles. The first kappa shape index (κ1) is 15.5. The lowest BCUT2D eigenvalue weighted by Crippen LogP contribution is -2.45. The number of imide groups is 1. The standard InChI is InChI=1S/C17H20N2O4/c20-15-8-4-7-13(10-18-15)16(21)19-14(11-23-17(19)22)9-12-5-2-1-3-6-12/h1-3,5-6,13-14H,4,7-11H2,(H,18,20)/t13-,14?/m1/s1. The molecule has 0 aliphatic carbocycles. The summed E-state index contributed by atoms with van der Waals surface area (Å²) in [5.74, 6) is -0.633. The Kier molecular flexibility index (Phi) is 4.60. The molecule has 2 atom stereocenters. The van der Waals surface area contributed by atoms with Gasteiger partial charge in [0.1, 0.15) is 6.61 Å². The largest absolute Gasteiger partial charge is 0.447 e. The molecule has 0 spiro atoms. The first-order valence-corrected chi connectivity index (χ1v) is 7.95. The molecule has 1 N–H and O–H groups in total. The van der Waals surface area contributed by atoms with Crippen LogP contribution in [-0.2, 0) is 20.7 Å². The monoisotopic (exact) mass is 316 g/mol. The molecule has 0 saturated carbocycles. The van der Waals surface area contributed by atoms with Crippen LogP contribution in [0.3, 0.4) is 0 Å². The van der Waals surface area contributed by atoms with Crippen molar-refractivity contribution in [3.05, 3.63) is 35.9 Å². The molecular formula is C17H20N2O4. The molecule has 1 aromatic rings. The first-order valence-electron chi connectivity index (χ1n) is 7.95. The number of nitrogens with zero attached hydrogens (tertiary/aromatic N) is 1. The minimum atomic E-state index is -0.577. The maximum Gasteiger partial charge on any atom is 0.416 e. The van der Waals surface area contributed by atoms with Gasteiger partial charge in [0, 0.05) is 13.0 Å². The highest BCUT2D eigenvalue weighted by molar-refractivity contribution is 5.95. The number of carbonyl (C=O) groups excluding carboxylic acids is 3. The highest BCUT2D eigenvalue weighted by Crippen LogP contribution is 2.22. The molecule has 2 aliphatic heterocycles. The fraction of sp³-hybridized carbons (Fsp3) is 0.471.